The van der Waals surface area contributed by atoms with E-state index in [2.05, 4.69) is 6.92 Å². The van der Waals surface area contributed by atoms with Crippen LogP contribution >= 0.6 is 11.6 Å². The molecule has 1 amide bonds. The third kappa shape index (κ3) is 5.51. The monoisotopic (exact) mass is 397 g/mol. The van der Waals surface area contributed by atoms with E-state index in [0.717, 1.165) is 38.6 Å². The van der Waals surface area contributed by atoms with Crippen LogP contribution in [0.3, 0.4) is 0 Å². The molecule has 6 nitrogen and oxygen atoms in total. The minimum atomic E-state index is -0.615. The summed E-state index contributed by atoms with van der Waals surface area (Å²) < 4.78 is 16.1. The smallest absolute Gasteiger partial charge is 0.338 e. The molecule has 0 bridgehead atoms. The molecule has 1 aliphatic rings. The Morgan fingerprint density at radius 1 is 1.26 bits per heavy atom. The second kappa shape index (κ2) is 10.4. The van der Waals surface area contributed by atoms with Gasteiger partial charge in [-0.1, -0.05) is 25.4 Å². The summed E-state index contributed by atoms with van der Waals surface area (Å²) >= 11 is 6.23. The van der Waals surface area contributed by atoms with Gasteiger partial charge in [0.15, 0.2) is 18.1 Å². The van der Waals surface area contributed by atoms with Crippen LogP contribution in [0.5, 0.6) is 11.5 Å². The highest BCUT2D eigenvalue weighted by atomic mass is 35.5. The number of benzene rings is 1. The van der Waals surface area contributed by atoms with Crippen LogP contribution in [-0.4, -0.2) is 49.7 Å². The summed E-state index contributed by atoms with van der Waals surface area (Å²) in [4.78, 5) is 26.6. The Balaban J connectivity index is 2.02. The van der Waals surface area contributed by atoms with Crippen molar-refractivity contribution in [2.75, 3.05) is 26.9 Å². The number of carbonyl (C=O) groups excluding carboxylic acids is 2. The maximum absolute atomic E-state index is 12.4. The summed E-state index contributed by atoms with van der Waals surface area (Å²) in [6.45, 7) is 4.98. The van der Waals surface area contributed by atoms with Gasteiger partial charge in [-0.25, -0.2) is 4.79 Å². The average Bonchev–Trinajstić information content (AvgIpc) is 2.70. The average molecular weight is 398 g/mol. The lowest BCUT2D eigenvalue weighted by atomic mass is 10.00. The van der Waals surface area contributed by atoms with Gasteiger partial charge in [-0.2, -0.15) is 0 Å². The number of likely N-dealkylation sites (tertiary alicyclic amines) is 1. The van der Waals surface area contributed by atoms with Gasteiger partial charge in [0.2, 0.25) is 0 Å². The van der Waals surface area contributed by atoms with Gasteiger partial charge in [-0.05, 0) is 44.2 Å². The van der Waals surface area contributed by atoms with E-state index < -0.39 is 5.97 Å². The van der Waals surface area contributed by atoms with Crippen molar-refractivity contribution < 1.29 is 23.8 Å². The van der Waals surface area contributed by atoms with E-state index in [1.807, 2.05) is 11.8 Å². The SMILES string of the molecule is CCCOc1c(Cl)cc(C(=O)OCC(=O)N2CCCCC2CC)cc1OC. The third-order valence-electron chi connectivity index (χ3n) is 4.66. The van der Waals surface area contributed by atoms with Crippen molar-refractivity contribution >= 4 is 23.5 Å². The van der Waals surface area contributed by atoms with Gasteiger partial charge in [0, 0.05) is 12.6 Å². The second-order valence-electron chi connectivity index (χ2n) is 6.56. The molecule has 0 aliphatic carbocycles. The lowest BCUT2D eigenvalue weighted by molar-refractivity contribution is -0.138. The van der Waals surface area contributed by atoms with Crippen LogP contribution < -0.4 is 9.47 Å². The van der Waals surface area contributed by atoms with E-state index in [-0.39, 0.29) is 29.1 Å². The van der Waals surface area contributed by atoms with E-state index in [9.17, 15) is 9.59 Å². The maximum Gasteiger partial charge on any atom is 0.338 e. The van der Waals surface area contributed by atoms with Crippen molar-refractivity contribution in [3.05, 3.63) is 22.7 Å². The minimum Gasteiger partial charge on any atom is -0.493 e. The molecule has 1 aromatic carbocycles. The zero-order valence-corrected chi connectivity index (χ0v) is 17.0. The standard InChI is InChI=1S/C20H28ClNO5/c1-4-10-26-19-16(21)11-14(12-17(19)25-3)20(24)27-13-18(23)22-9-7-6-8-15(22)5-2/h11-12,15H,4-10,13H2,1-3H3. The van der Waals surface area contributed by atoms with Gasteiger partial charge in [0.05, 0.1) is 24.3 Å². The number of piperidine rings is 1. The van der Waals surface area contributed by atoms with Crippen molar-refractivity contribution in [2.45, 2.75) is 52.0 Å². The Bertz CT molecular complexity index is 664. The van der Waals surface area contributed by atoms with Crippen molar-refractivity contribution in [3.8, 4) is 11.5 Å². The largest absolute Gasteiger partial charge is 0.493 e. The number of hydrogen-bond donors (Lipinski definition) is 0. The van der Waals surface area contributed by atoms with E-state index in [1.54, 1.807) is 0 Å². The normalized spacial score (nSPS) is 16.7. The lowest BCUT2D eigenvalue weighted by Gasteiger charge is -2.35. The van der Waals surface area contributed by atoms with Crippen molar-refractivity contribution in [1.82, 2.24) is 4.90 Å². The first kappa shape index (κ1) is 21.4. The summed E-state index contributed by atoms with van der Waals surface area (Å²) in [6.07, 6.45) is 4.85. The number of halogens is 1. The Morgan fingerprint density at radius 3 is 2.70 bits per heavy atom. The molecule has 1 fully saturated rings. The first-order valence-electron chi connectivity index (χ1n) is 9.48. The lowest BCUT2D eigenvalue weighted by Crippen LogP contribution is -2.45. The van der Waals surface area contributed by atoms with Crippen LogP contribution in [0.2, 0.25) is 5.02 Å². The third-order valence-corrected chi connectivity index (χ3v) is 4.94. The molecule has 0 spiro atoms. The summed E-state index contributed by atoms with van der Waals surface area (Å²) in [6, 6.07) is 3.21. The fourth-order valence-electron chi connectivity index (χ4n) is 3.23. The fraction of sp³-hybridized carbons (Fsp3) is 0.600. The second-order valence-corrected chi connectivity index (χ2v) is 6.97. The number of methoxy groups -OCH3 is 1. The van der Waals surface area contributed by atoms with E-state index in [4.69, 9.17) is 25.8 Å². The Hall–Kier alpha value is -1.95. The van der Waals surface area contributed by atoms with Crippen molar-refractivity contribution in [2.24, 2.45) is 0 Å². The molecule has 2 rings (SSSR count). The molecule has 1 saturated heterocycles. The van der Waals surface area contributed by atoms with Gasteiger partial charge in [0.1, 0.15) is 0 Å². The number of hydrogen-bond acceptors (Lipinski definition) is 5. The van der Waals surface area contributed by atoms with Crippen LogP contribution in [0.15, 0.2) is 12.1 Å². The molecule has 1 unspecified atom stereocenters. The Morgan fingerprint density at radius 2 is 2.04 bits per heavy atom. The molecule has 0 aromatic heterocycles. The fourth-order valence-corrected chi connectivity index (χ4v) is 3.49. The topological polar surface area (TPSA) is 65.1 Å². The molecule has 0 saturated carbocycles. The number of carbonyl (C=O) groups is 2. The molecular formula is C20H28ClNO5. The summed E-state index contributed by atoms with van der Waals surface area (Å²) in [5.74, 6) is -0.0180. The number of rotatable bonds is 8. The summed E-state index contributed by atoms with van der Waals surface area (Å²) in [7, 11) is 1.48. The van der Waals surface area contributed by atoms with E-state index in [0.29, 0.717) is 18.1 Å². The Labute approximate surface area is 165 Å². The van der Waals surface area contributed by atoms with Crippen molar-refractivity contribution in [1.29, 1.82) is 0 Å². The Kier molecular flexibility index (Phi) is 8.23. The molecule has 1 atom stereocenters. The maximum atomic E-state index is 12.4. The number of amides is 1. The van der Waals surface area contributed by atoms with Crippen molar-refractivity contribution in [3.63, 3.8) is 0 Å². The molecule has 1 aromatic rings. The first-order chi connectivity index (χ1) is 13.0. The quantitative estimate of drug-likeness (QED) is 0.618. The van der Waals surface area contributed by atoms with Crippen LogP contribution in [0.4, 0.5) is 0 Å². The molecule has 0 N–H and O–H groups in total. The van der Waals surface area contributed by atoms with Gasteiger partial charge in [-0.15, -0.1) is 0 Å². The summed E-state index contributed by atoms with van der Waals surface area (Å²) in [5.41, 5.74) is 0.221. The molecule has 7 heteroatoms. The highest BCUT2D eigenvalue weighted by Crippen LogP contribution is 2.36. The predicted octanol–water partition coefficient (Wildman–Crippen LogP) is 4.09. The molecule has 0 radical (unpaired) electrons. The number of nitrogens with zero attached hydrogens (tertiary/aromatic N) is 1. The number of ether oxygens (including phenoxy) is 3. The molecule has 150 valence electrons. The number of esters is 1. The predicted molar refractivity (Wildman–Crippen MR) is 104 cm³/mol. The first-order valence-corrected chi connectivity index (χ1v) is 9.86. The molecule has 27 heavy (non-hydrogen) atoms. The van der Waals surface area contributed by atoms with Crippen LogP contribution in [-0.2, 0) is 9.53 Å². The highest BCUT2D eigenvalue weighted by Gasteiger charge is 2.26. The van der Waals surface area contributed by atoms with Gasteiger partial charge >= 0.3 is 5.97 Å². The van der Waals surface area contributed by atoms with E-state index in [1.165, 1.54) is 19.2 Å². The zero-order chi connectivity index (χ0) is 19.8. The van der Waals surface area contributed by atoms with E-state index >= 15 is 0 Å². The van der Waals surface area contributed by atoms with Gasteiger partial charge < -0.3 is 19.1 Å². The minimum absolute atomic E-state index is 0.157. The highest BCUT2D eigenvalue weighted by molar-refractivity contribution is 6.32. The zero-order valence-electron chi connectivity index (χ0n) is 16.3. The van der Waals surface area contributed by atoms with Crippen LogP contribution in [0.25, 0.3) is 0 Å². The van der Waals surface area contributed by atoms with Crippen LogP contribution in [0, 0.1) is 0 Å². The van der Waals surface area contributed by atoms with Gasteiger partial charge in [-0.3, -0.25) is 4.79 Å². The summed E-state index contributed by atoms with van der Waals surface area (Å²) in [5, 5.41) is 0.267. The van der Waals surface area contributed by atoms with Gasteiger partial charge in [0.25, 0.3) is 5.91 Å². The molecule has 1 heterocycles. The molecular weight excluding hydrogens is 370 g/mol. The van der Waals surface area contributed by atoms with Crippen LogP contribution in [0.1, 0.15) is 56.3 Å². The molecule has 1 aliphatic heterocycles.